The van der Waals surface area contributed by atoms with Gasteiger partial charge in [-0.1, -0.05) is 101 Å². The Balaban J connectivity index is 1.68. The summed E-state index contributed by atoms with van der Waals surface area (Å²) in [5.74, 6) is 0.914. The van der Waals surface area contributed by atoms with Crippen LogP contribution < -0.4 is 0 Å². The number of halogens is 1. The molecule has 0 spiro atoms. The lowest BCUT2D eigenvalue weighted by Gasteiger charge is -2.12. The Morgan fingerprint density at radius 2 is 1.31 bits per heavy atom. The van der Waals surface area contributed by atoms with E-state index in [9.17, 15) is 0 Å². The number of imidazole rings is 1. The zero-order valence-electron chi connectivity index (χ0n) is 19.3. The summed E-state index contributed by atoms with van der Waals surface area (Å²) in [6.45, 7) is 0. The second-order valence-electron chi connectivity index (χ2n) is 8.82. The summed E-state index contributed by atoms with van der Waals surface area (Å²) in [6, 6.07) is 41.9. The normalized spacial score (nSPS) is 11.5. The molecule has 3 nitrogen and oxygen atoms in total. The van der Waals surface area contributed by atoms with Crippen LogP contribution in [0.4, 0.5) is 0 Å². The average Bonchev–Trinajstić information content (AvgIpc) is 3.33. The Labute approximate surface area is 216 Å². The van der Waals surface area contributed by atoms with Crippen LogP contribution in [0.5, 0.6) is 0 Å². The monoisotopic (exact) mass is 525 g/mol. The van der Waals surface area contributed by atoms with Gasteiger partial charge in [-0.2, -0.15) is 0 Å². The first-order valence-electron chi connectivity index (χ1n) is 11.9. The topological polar surface area (TPSA) is 30.7 Å². The standard InChI is InChI=1S/C32H20BrN3/c33-23-13-9-12-22(20-23)30-29-26(25-16-7-8-17-27(25)34-30)18-19-28-31(29)35-32(21-10-3-1-4-11-21)36(28)24-14-5-2-6-15-24/h1-20H. The number of hydrogen-bond acceptors (Lipinski definition) is 2. The fraction of sp³-hybridized carbons (Fsp3) is 0. The number of benzene rings is 5. The molecular weight excluding hydrogens is 506 g/mol. The van der Waals surface area contributed by atoms with E-state index in [0.29, 0.717) is 0 Å². The molecule has 2 aromatic heterocycles. The summed E-state index contributed by atoms with van der Waals surface area (Å²) in [5.41, 5.74) is 7.13. The van der Waals surface area contributed by atoms with E-state index in [1.54, 1.807) is 0 Å². The zero-order valence-corrected chi connectivity index (χ0v) is 20.9. The van der Waals surface area contributed by atoms with Gasteiger partial charge in [0, 0.05) is 32.1 Å². The van der Waals surface area contributed by atoms with Crippen LogP contribution in [0.15, 0.2) is 126 Å². The molecule has 0 unspecified atom stereocenters. The number of aromatic nitrogens is 3. The van der Waals surface area contributed by atoms with Crippen molar-refractivity contribution in [3.05, 3.63) is 126 Å². The van der Waals surface area contributed by atoms with Gasteiger partial charge in [0.15, 0.2) is 0 Å². The Hall–Kier alpha value is -4.28. The molecule has 4 heteroatoms. The van der Waals surface area contributed by atoms with E-state index in [-0.39, 0.29) is 0 Å². The van der Waals surface area contributed by atoms with Gasteiger partial charge in [-0.05, 0) is 41.8 Å². The zero-order chi connectivity index (χ0) is 24.1. The maximum Gasteiger partial charge on any atom is 0.145 e. The van der Waals surface area contributed by atoms with Gasteiger partial charge < -0.3 is 0 Å². The first-order chi connectivity index (χ1) is 17.8. The first kappa shape index (κ1) is 21.0. The van der Waals surface area contributed by atoms with Crippen LogP contribution in [-0.2, 0) is 0 Å². The molecule has 0 bridgehead atoms. The number of para-hydroxylation sites is 2. The van der Waals surface area contributed by atoms with E-state index in [1.165, 1.54) is 0 Å². The van der Waals surface area contributed by atoms with E-state index in [0.717, 1.165) is 65.5 Å². The summed E-state index contributed by atoms with van der Waals surface area (Å²) in [7, 11) is 0. The highest BCUT2D eigenvalue weighted by molar-refractivity contribution is 9.10. The molecule has 7 rings (SSSR count). The van der Waals surface area contributed by atoms with Gasteiger partial charge in [0.1, 0.15) is 5.82 Å². The number of pyridine rings is 1. The molecule has 0 saturated heterocycles. The van der Waals surface area contributed by atoms with Gasteiger partial charge in [-0.3, -0.25) is 4.57 Å². The second kappa shape index (κ2) is 8.43. The number of rotatable bonds is 3. The fourth-order valence-electron chi connectivity index (χ4n) is 5.05. The van der Waals surface area contributed by atoms with Crippen LogP contribution in [-0.4, -0.2) is 14.5 Å². The molecule has 0 saturated carbocycles. The SMILES string of the molecule is Brc1cccc(-c2nc3ccccc3c3ccc4c(nc(-c5ccccc5)n4-c4ccccc4)c23)c1. The minimum atomic E-state index is 0.914. The number of nitrogens with zero attached hydrogens (tertiary/aromatic N) is 3. The molecule has 36 heavy (non-hydrogen) atoms. The molecule has 0 atom stereocenters. The lowest BCUT2D eigenvalue weighted by Crippen LogP contribution is -1.97. The molecule has 5 aromatic carbocycles. The summed E-state index contributed by atoms with van der Waals surface area (Å²) >= 11 is 3.65. The van der Waals surface area contributed by atoms with Crippen molar-refractivity contribution >= 4 is 48.6 Å². The smallest absolute Gasteiger partial charge is 0.145 e. The van der Waals surface area contributed by atoms with E-state index in [2.05, 4.69) is 118 Å². The van der Waals surface area contributed by atoms with E-state index in [4.69, 9.17) is 9.97 Å². The van der Waals surface area contributed by atoms with Crippen molar-refractivity contribution in [3.8, 4) is 28.3 Å². The molecule has 170 valence electrons. The van der Waals surface area contributed by atoms with Gasteiger partial charge in [0.05, 0.1) is 22.2 Å². The summed E-state index contributed by atoms with van der Waals surface area (Å²) in [6.07, 6.45) is 0. The number of fused-ring (bicyclic) bond motifs is 5. The highest BCUT2D eigenvalue weighted by Gasteiger charge is 2.20. The van der Waals surface area contributed by atoms with Gasteiger partial charge in [-0.25, -0.2) is 9.97 Å². The highest BCUT2D eigenvalue weighted by atomic mass is 79.9. The van der Waals surface area contributed by atoms with E-state index in [1.807, 2.05) is 24.3 Å². The van der Waals surface area contributed by atoms with Crippen molar-refractivity contribution < 1.29 is 0 Å². The predicted molar refractivity (Wildman–Crippen MR) is 152 cm³/mol. The van der Waals surface area contributed by atoms with E-state index >= 15 is 0 Å². The van der Waals surface area contributed by atoms with Crippen molar-refractivity contribution in [2.75, 3.05) is 0 Å². The van der Waals surface area contributed by atoms with E-state index < -0.39 is 0 Å². The van der Waals surface area contributed by atoms with Crippen LogP contribution in [0.2, 0.25) is 0 Å². The molecule has 0 radical (unpaired) electrons. The minimum Gasteiger partial charge on any atom is -0.292 e. The largest absolute Gasteiger partial charge is 0.292 e. The molecule has 0 aliphatic heterocycles. The highest BCUT2D eigenvalue weighted by Crippen LogP contribution is 2.39. The summed E-state index contributed by atoms with van der Waals surface area (Å²) in [5, 5.41) is 3.35. The minimum absolute atomic E-state index is 0.914. The maximum absolute atomic E-state index is 5.31. The molecule has 7 aromatic rings. The first-order valence-corrected chi connectivity index (χ1v) is 12.7. The van der Waals surface area contributed by atoms with Crippen LogP contribution in [0.1, 0.15) is 0 Å². The maximum atomic E-state index is 5.31. The van der Waals surface area contributed by atoms with Crippen molar-refractivity contribution in [2.24, 2.45) is 0 Å². The molecule has 0 aliphatic rings. The molecule has 0 N–H and O–H groups in total. The van der Waals surface area contributed by atoms with Gasteiger partial charge in [-0.15, -0.1) is 0 Å². The quantitative estimate of drug-likeness (QED) is 0.216. The van der Waals surface area contributed by atoms with Crippen molar-refractivity contribution in [1.82, 2.24) is 14.5 Å². The van der Waals surface area contributed by atoms with Gasteiger partial charge in [0.2, 0.25) is 0 Å². The third kappa shape index (κ3) is 3.34. The van der Waals surface area contributed by atoms with Crippen LogP contribution in [0, 0.1) is 0 Å². The van der Waals surface area contributed by atoms with Gasteiger partial charge >= 0.3 is 0 Å². The Bertz CT molecular complexity index is 1890. The van der Waals surface area contributed by atoms with Crippen LogP contribution in [0.3, 0.4) is 0 Å². The van der Waals surface area contributed by atoms with Gasteiger partial charge in [0.25, 0.3) is 0 Å². The third-order valence-electron chi connectivity index (χ3n) is 6.63. The molecule has 0 aliphatic carbocycles. The Kier molecular flexibility index (Phi) is 4.93. The lowest BCUT2D eigenvalue weighted by atomic mass is 9.99. The average molecular weight is 526 g/mol. The Morgan fingerprint density at radius 1 is 0.583 bits per heavy atom. The fourth-order valence-corrected chi connectivity index (χ4v) is 5.45. The molecule has 0 fully saturated rings. The van der Waals surface area contributed by atoms with Crippen LogP contribution >= 0.6 is 15.9 Å². The lowest BCUT2D eigenvalue weighted by molar-refractivity contribution is 1.10. The van der Waals surface area contributed by atoms with Crippen molar-refractivity contribution in [1.29, 1.82) is 0 Å². The molecule has 2 heterocycles. The summed E-state index contributed by atoms with van der Waals surface area (Å²) in [4.78, 5) is 10.5. The van der Waals surface area contributed by atoms with Crippen molar-refractivity contribution in [2.45, 2.75) is 0 Å². The Morgan fingerprint density at radius 3 is 2.11 bits per heavy atom. The molecule has 0 amide bonds. The summed E-state index contributed by atoms with van der Waals surface area (Å²) < 4.78 is 3.28. The third-order valence-corrected chi connectivity index (χ3v) is 7.13. The number of hydrogen-bond donors (Lipinski definition) is 0. The molecular formula is C32H20BrN3. The second-order valence-corrected chi connectivity index (χ2v) is 9.73. The van der Waals surface area contributed by atoms with Crippen LogP contribution in [0.25, 0.3) is 61.0 Å². The van der Waals surface area contributed by atoms with Crippen molar-refractivity contribution in [3.63, 3.8) is 0 Å². The predicted octanol–water partition coefficient (Wildman–Crippen LogP) is 8.82.